The third kappa shape index (κ3) is 3.23. The number of rotatable bonds is 3. The van der Waals surface area contributed by atoms with Gasteiger partial charge in [0.05, 0.1) is 6.04 Å². The molecule has 0 aromatic heterocycles. The fraction of sp³-hybridized carbons (Fsp3) is 0.143. The molecule has 0 spiro atoms. The minimum Gasteiger partial charge on any atom is -0.507 e. The molecule has 0 saturated carbocycles. The lowest BCUT2D eigenvalue weighted by Crippen LogP contribution is -2.07. The van der Waals surface area contributed by atoms with Crippen molar-refractivity contribution < 1.29 is 13.9 Å². The first-order valence-electron chi connectivity index (χ1n) is 5.67. The van der Waals surface area contributed by atoms with Crippen LogP contribution in [0.4, 0.5) is 14.5 Å². The van der Waals surface area contributed by atoms with E-state index in [0.29, 0.717) is 15.7 Å². The van der Waals surface area contributed by atoms with Crippen molar-refractivity contribution in [2.24, 2.45) is 0 Å². The molecule has 0 bridgehead atoms. The van der Waals surface area contributed by atoms with E-state index in [1.807, 2.05) is 6.92 Å². The predicted molar refractivity (Wildman–Crippen MR) is 74.2 cm³/mol. The summed E-state index contributed by atoms with van der Waals surface area (Å²) in [7, 11) is 0. The second-order valence-corrected chi connectivity index (χ2v) is 5.05. The van der Waals surface area contributed by atoms with E-state index in [4.69, 9.17) is 0 Å². The highest BCUT2D eigenvalue weighted by molar-refractivity contribution is 9.10. The summed E-state index contributed by atoms with van der Waals surface area (Å²) in [6.45, 7) is 1.82. The lowest BCUT2D eigenvalue weighted by Gasteiger charge is -2.18. The number of halogens is 3. The molecule has 1 atom stereocenters. The second kappa shape index (κ2) is 5.57. The highest BCUT2D eigenvalue weighted by atomic mass is 79.9. The Hall–Kier alpha value is -1.62. The number of benzene rings is 2. The summed E-state index contributed by atoms with van der Waals surface area (Å²) in [4.78, 5) is 0. The highest BCUT2D eigenvalue weighted by Gasteiger charge is 2.12. The maximum atomic E-state index is 13.0. The van der Waals surface area contributed by atoms with Crippen LogP contribution in [-0.4, -0.2) is 5.11 Å². The zero-order chi connectivity index (χ0) is 14.0. The van der Waals surface area contributed by atoms with Gasteiger partial charge in [-0.05, 0) is 47.1 Å². The Balaban J connectivity index is 2.23. The third-order valence-electron chi connectivity index (χ3n) is 2.76. The van der Waals surface area contributed by atoms with Gasteiger partial charge in [0, 0.05) is 21.8 Å². The number of aromatic hydroxyl groups is 1. The molecule has 0 amide bonds. The maximum Gasteiger partial charge on any atom is 0.126 e. The number of hydrogen-bond acceptors (Lipinski definition) is 2. The molecule has 0 aliphatic carbocycles. The molecule has 2 N–H and O–H groups in total. The molecule has 2 rings (SSSR count). The molecule has 5 heteroatoms. The molecule has 100 valence electrons. The van der Waals surface area contributed by atoms with Gasteiger partial charge in [0.2, 0.25) is 0 Å². The number of anilines is 1. The van der Waals surface area contributed by atoms with Gasteiger partial charge in [0.25, 0.3) is 0 Å². The molecule has 0 heterocycles. The van der Waals surface area contributed by atoms with E-state index in [9.17, 15) is 13.9 Å². The van der Waals surface area contributed by atoms with Crippen LogP contribution < -0.4 is 5.32 Å². The zero-order valence-corrected chi connectivity index (χ0v) is 11.7. The topological polar surface area (TPSA) is 32.3 Å². The largest absolute Gasteiger partial charge is 0.507 e. The zero-order valence-electron chi connectivity index (χ0n) is 10.1. The van der Waals surface area contributed by atoms with Crippen LogP contribution in [0.15, 0.2) is 40.9 Å². The molecular formula is C14H12BrF2NO. The lowest BCUT2D eigenvalue weighted by molar-refractivity contribution is 0.459. The quantitative estimate of drug-likeness (QED) is 0.863. The van der Waals surface area contributed by atoms with Gasteiger partial charge in [-0.1, -0.05) is 6.07 Å². The summed E-state index contributed by atoms with van der Waals surface area (Å²) in [6.07, 6.45) is 0. The van der Waals surface area contributed by atoms with Crippen LogP contribution in [0, 0.1) is 11.6 Å². The van der Waals surface area contributed by atoms with Crippen molar-refractivity contribution in [3.63, 3.8) is 0 Å². The van der Waals surface area contributed by atoms with Crippen LogP contribution in [0.25, 0.3) is 0 Å². The van der Waals surface area contributed by atoms with E-state index in [1.54, 1.807) is 6.07 Å². The van der Waals surface area contributed by atoms with Crippen molar-refractivity contribution in [2.75, 3.05) is 5.32 Å². The smallest absolute Gasteiger partial charge is 0.126 e. The summed E-state index contributed by atoms with van der Waals surface area (Å²) >= 11 is 3.25. The fourth-order valence-corrected chi connectivity index (χ4v) is 2.27. The number of nitrogens with one attached hydrogen (secondary N) is 1. The maximum absolute atomic E-state index is 13.0. The van der Waals surface area contributed by atoms with Crippen LogP contribution in [0.1, 0.15) is 18.5 Å². The van der Waals surface area contributed by atoms with Crippen LogP contribution in [0.2, 0.25) is 0 Å². The molecule has 0 aliphatic heterocycles. The minimum atomic E-state index is -0.489. The van der Waals surface area contributed by atoms with E-state index >= 15 is 0 Å². The first-order chi connectivity index (χ1) is 8.97. The molecule has 0 radical (unpaired) electrons. The summed E-state index contributed by atoms with van der Waals surface area (Å²) < 4.78 is 26.5. The van der Waals surface area contributed by atoms with E-state index in [1.165, 1.54) is 24.3 Å². The van der Waals surface area contributed by atoms with Crippen LogP contribution in [0.5, 0.6) is 5.75 Å². The van der Waals surface area contributed by atoms with Crippen molar-refractivity contribution in [1.29, 1.82) is 0 Å². The van der Waals surface area contributed by atoms with Crippen LogP contribution in [0.3, 0.4) is 0 Å². The van der Waals surface area contributed by atoms with Crippen molar-refractivity contribution >= 4 is 21.6 Å². The van der Waals surface area contributed by atoms with E-state index in [-0.39, 0.29) is 17.6 Å². The van der Waals surface area contributed by atoms with Gasteiger partial charge >= 0.3 is 0 Å². The summed E-state index contributed by atoms with van der Waals surface area (Å²) in [5, 5.41) is 12.8. The first-order valence-corrected chi connectivity index (χ1v) is 6.46. The van der Waals surface area contributed by atoms with Gasteiger partial charge in [0.1, 0.15) is 17.4 Å². The Morgan fingerprint density at radius 3 is 2.37 bits per heavy atom. The Labute approximate surface area is 118 Å². The van der Waals surface area contributed by atoms with Crippen molar-refractivity contribution in [2.45, 2.75) is 13.0 Å². The van der Waals surface area contributed by atoms with E-state index < -0.39 is 5.82 Å². The van der Waals surface area contributed by atoms with Crippen molar-refractivity contribution in [3.05, 3.63) is 58.1 Å². The van der Waals surface area contributed by atoms with E-state index in [2.05, 4.69) is 21.2 Å². The number of hydrogen-bond donors (Lipinski definition) is 2. The van der Waals surface area contributed by atoms with E-state index in [0.717, 1.165) is 6.07 Å². The molecule has 0 aliphatic rings. The molecule has 2 nitrogen and oxygen atoms in total. The first kappa shape index (κ1) is 13.8. The van der Waals surface area contributed by atoms with Crippen molar-refractivity contribution in [1.82, 2.24) is 0 Å². The molecular weight excluding hydrogens is 316 g/mol. The Morgan fingerprint density at radius 2 is 1.74 bits per heavy atom. The molecule has 19 heavy (non-hydrogen) atoms. The molecule has 0 saturated heterocycles. The van der Waals surface area contributed by atoms with Gasteiger partial charge in [-0.15, -0.1) is 0 Å². The lowest BCUT2D eigenvalue weighted by atomic mass is 10.1. The summed E-state index contributed by atoms with van der Waals surface area (Å²) in [5.74, 6) is -0.940. The van der Waals surface area contributed by atoms with Gasteiger partial charge in [-0.2, -0.15) is 0 Å². The Morgan fingerprint density at radius 1 is 1.11 bits per heavy atom. The summed E-state index contributed by atoms with van der Waals surface area (Å²) in [6, 6.07) is 7.89. The van der Waals surface area contributed by atoms with Crippen molar-refractivity contribution in [3.8, 4) is 5.75 Å². The average molecular weight is 328 g/mol. The van der Waals surface area contributed by atoms with Gasteiger partial charge in [-0.25, -0.2) is 8.78 Å². The molecule has 2 aromatic carbocycles. The fourth-order valence-electron chi connectivity index (χ4n) is 1.80. The summed E-state index contributed by atoms with van der Waals surface area (Å²) in [5.41, 5.74) is 1.26. The third-order valence-corrected chi connectivity index (χ3v) is 3.42. The Kier molecular flexibility index (Phi) is 4.04. The van der Waals surface area contributed by atoms with Crippen LogP contribution in [-0.2, 0) is 0 Å². The van der Waals surface area contributed by atoms with Crippen LogP contribution >= 0.6 is 15.9 Å². The molecule has 2 aromatic rings. The second-order valence-electron chi connectivity index (χ2n) is 4.19. The Bertz CT molecular complexity index is 604. The highest BCUT2D eigenvalue weighted by Crippen LogP contribution is 2.30. The number of phenols is 1. The minimum absolute atomic E-state index is 0.113. The average Bonchev–Trinajstić information content (AvgIpc) is 2.32. The predicted octanol–water partition coefficient (Wildman–Crippen LogP) is 4.61. The number of phenolic OH excluding ortho intramolecular Hbond substituents is 1. The normalized spacial score (nSPS) is 12.2. The SMILES string of the molecule is CC(Nc1ccc(F)cc1Br)c1ccc(F)cc1O. The van der Waals surface area contributed by atoms with Gasteiger partial charge in [-0.3, -0.25) is 0 Å². The monoisotopic (exact) mass is 327 g/mol. The molecule has 0 fully saturated rings. The van der Waals surface area contributed by atoms with Gasteiger partial charge < -0.3 is 10.4 Å². The standard InChI is InChI=1S/C14H12BrF2NO/c1-8(11-4-2-10(17)7-14(11)19)18-13-5-3-9(16)6-12(13)15/h2-8,18-19H,1H3. The molecule has 1 unspecified atom stereocenters. The van der Waals surface area contributed by atoms with Gasteiger partial charge in [0.15, 0.2) is 0 Å².